The lowest BCUT2D eigenvalue weighted by atomic mass is 10.00. The molecule has 0 N–H and O–H groups in total. The van der Waals surface area contributed by atoms with Gasteiger partial charge in [-0.3, -0.25) is 4.79 Å². The van der Waals surface area contributed by atoms with Gasteiger partial charge in [0.1, 0.15) is 5.69 Å². The Kier molecular flexibility index (Phi) is 4.47. The first-order valence-electron chi connectivity index (χ1n) is 7.37. The Hall–Kier alpha value is -1.92. The average molecular weight is 295 g/mol. The summed E-state index contributed by atoms with van der Waals surface area (Å²) in [5, 5.41) is 2.56. The molecule has 1 aliphatic carbocycles. The Labute approximate surface area is 129 Å². The molecule has 0 saturated heterocycles. The number of hydrogen-bond donors (Lipinski definition) is 0. The Balaban J connectivity index is 1.66. The van der Waals surface area contributed by atoms with E-state index in [1.807, 2.05) is 35.7 Å². The van der Waals surface area contributed by atoms with Crippen LogP contribution in [0, 0.1) is 17.8 Å². The van der Waals surface area contributed by atoms with Crippen LogP contribution >= 0.6 is 11.3 Å². The summed E-state index contributed by atoms with van der Waals surface area (Å²) < 4.78 is 0. The van der Waals surface area contributed by atoms with Crippen molar-refractivity contribution in [3.8, 4) is 11.8 Å². The molecule has 2 nitrogen and oxygen atoms in total. The second-order valence-corrected chi connectivity index (χ2v) is 6.29. The van der Waals surface area contributed by atoms with Gasteiger partial charge in [0.15, 0.2) is 10.8 Å². The fourth-order valence-corrected chi connectivity index (χ4v) is 3.36. The number of Topliss-reactive ketones (excluding diaryl/α,β-unsaturated/α-hetero) is 1. The lowest BCUT2D eigenvalue weighted by molar-refractivity contribution is 0.0958. The minimum Gasteiger partial charge on any atom is -0.292 e. The van der Waals surface area contributed by atoms with Crippen LogP contribution < -0.4 is 0 Å². The van der Waals surface area contributed by atoms with Gasteiger partial charge in [0.05, 0.1) is 0 Å². The van der Waals surface area contributed by atoms with Crippen LogP contribution in [0.4, 0.5) is 0 Å². The molecular formula is C18H17NOS. The fourth-order valence-electron chi connectivity index (χ4n) is 2.69. The number of aromatic nitrogens is 1. The maximum Gasteiger partial charge on any atom is 0.182 e. The molecule has 106 valence electrons. The van der Waals surface area contributed by atoms with Crippen molar-refractivity contribution in [1.29, 1.82) is 0 Å². The second kappa shape index (κ2) is 6.69. The van der Waals surface area contributed by atoms with Crippen LogP contribution in [0.25, 0.3) is 0 Å². The zero-order valence-corrected chi connectivity index (χ0v) is 12.7. The predicted octanol–water partition coefficient (Wildman–Crippen LogP) is 4.31. The Bertz CT molecular complexity index is 672. The number of carbonyl (C=O) groups excluding carboxylic acids is 1. The van der Waals surface area contributed by atoms with Gasteiger partial charge in [-0.05, 0) is 24.0 Å². The third-order valence-corrected chi connectivity index (χ3v) is 4.58. The minimum atomic E-state index is 0.172. The summed E-state index contributed by atoms with van der Waals surface area (Å²) in [6.07, 6.45) is 5.56. The average Bonchev–Trinajstić information content (AvgIpc) is 3.17. The molecule has 1 aromatic carbocycles. The van der Waals surface area contributed by atoms with E-state index in [9.17, 15) is 4.79 Å². The molecule has 0 aliphatic heterocycles. The van der Waals surface area contributed by atoms with Crippen LogP contribution in [0.5, 0.6) is 0 Å². The first-order valence-corrected chi connectivity index (χ1v) is 8.25. The molecule has 1 aliphatic rings. The first-order chi connectivity index (χ1) is 10.3. The molecule has 0 unspecified atom stereocenters. The second-order valence-electron chi connectivity index (χ2n) is 5.43. The third-order valence-electron chi connectivity index (χ3n) is 3.83. The van der Waals surface area contributed by atoms with Crippen LogP contribution in [0.1, 0.15) is 53.2 Å². The third kappa shape index (κ3) is 3.80. The number of carbonyl (C=O) groups is 1. The fraction of sp³-hybridized carbons (Fsp3) is 0.333. The van der Waals surface area contributed by atoms with Gasteiger partial charge < -0.3 is 0 Å². The lowest BCUT2D eigenvalue weighted by Crippen LogP contribution is -2.06. The van der Waals surface area contributed by atoms with Gasteiger partial charge in [-0.15, -0.1) is 11.3 Å². The van der Waals surface area contributed by atoms with Crippen molar-refractivity contribution >= 4 is 17.1 Å². The van der Waals surface area contributed by atoms with Crippen LogP contribution in [0.2, 0.25) is 0 Å². The summed E-state index contributed by atoms with van der Waals surface area (Å²) in [6.45, 7) is 0. The van der Waals surface area contributed by atoms with Gasteiger partial charge in [-0.2, -0.15) is 0 Å². The highest BCUT2D eigenvalue weighted by molar-refractivity contribution is 7.10. The van der Waals surface area contributed by atoms with Gasteiger partial charge in [-0.25, -0.2) is 4.98 Å². The zero-order valence-electron chi connectivity index (χ0n) is 11.8. The van der Waals surface area contributed by atoms with Gasteiger partial charge >= 0.3 is 0 Å². The Morgan fingerprint density at radius 2 is 1.95 bits per heavy atom. The molecule has 0 amide bonds. The topological polar surface area (TPSA) is 30.0 Å². The summed E-state index contributed by atoms with van der Waals surface area (Å²) >= 11 is 1.45. The van der Waals surface area contributed by atoms with E-state index in [1.165, 1.54) is 37.0 Å². The van der Waals surface area contributed by atoms with E-state index in [0.29, 0.717) is 23.0 Å². The molecule has 0 radical (unpaired) electrons. The molecule has 2 aromatic rings. The molecule has 1 heterocycles. The molecular weight excluding hydrogens is 278 g/mol. The molecule has 1 saturated carbocycles. The van der Waals surface area contributed by atoms with Gasteiger partial charge in [0, 0.05) is 17.4 Å². The van der Waals surface area contributed by atoms with E-state index >= 15 is 0 Å². The highest BCUT2D eigenvalue weighted by atomic mass is 32.1. The summed E-state index contributed by atoms with van der Waals surface area (Å²) in [4.78, 5) is 16.5. The van der Waals surface area contributed by atoms with Crippen molar-refractivity contribution in [1.82, 2.24) is 4.98 Å². The smallest absolute Gasteiger partial charge is 0.182 e. The number of ketones is 1. The largest absolute Gasteiger partial charge is 0.292 e. The van der Waals surface area contributed by atoms with E-state index in [0.717, 1.165) is 5.56 Å². The normalized spacial score (nSPS) is 14.7. The number of hydrogen-bond acceptors (Lipinski definition) is 3. The maximum absolute atomic E-state index is 12.2. The van der Waals surface area contributed by atoms with E-state index in [1.54, 1.807) is 0 Å². The Morgan fingerprint density at radius 3 is 2.71 bits per heavy atom. The first kappa shape index (κ1) is 14.0. The molecule has 1 fully saturated rings. The quantitative estimate of drug-likeness (QED) is 0.624. The molecule has 0 atom stereocenters. The highest BCUT2D eigenvalue weighted by Crippen LogP contribution is 2.28. The summed E-state index contributed by atoms with van der Waals surface area (Å²) in [6, 6.07) is 9.82. The number of thiazole rings is 1. The monoisotopic (exact) mass is 295 g/mol. The minimum absolute atomic E-state index is 0.172. The van der Waals surface area contributed by atoms with Gasteiger partial charge in [0.2, 0.25) is 0 Å². The maximum atomic E-state index is 12.2. The summed E-state index contributed by atoms with van der Waals surface area (Å²) in [5.41, 5.74) is 1.55. The molecule has 1 aromatic heterocycles. The molecule has 0 bridgehead atoms. The van der Waals surface area contributed by atoms with E-state index < -0.39 is 0 Å². The number of benzene rings is 1. The van der Waals surface area contributed by atoms with Crippen LogP contribution in [-0.2, 0) is 0 Å². The molecule has 3 heteroatoms. The lowest BCUT2D eigenvalue weighted by Gasteiger charge is -2.05. The van der Waals surface area contributed by atoms with Gasteiger partial charge in [0.25, 0.3) is 0 Å². The summed E-state index contributed by atoms with van der Waals surface area (Å²) in [7, 11) is 0. The number of nitrogens with zero attached hydrogens (tertiary/aromatic N) is 1. The Morgan fingerprint density at radius 1 is 1.19 bits per heavy atom. The predicted molar refractivity (Wildman–Crippen MR) is 85.4 cm³/mol. The van der Waals surface area contributed by atoms with Crippen LogP contribution in [0.15, 0.2) is 35.7 Å². The number of rotatable bonds is 3. The van der Waals surface area contributed by atoms with Crippen molar-refractivity contribution in [3.63, 3.8) is 0 Å². The molecule has 21 heavy (non-hydrogen) atoms. The summed E-state index contributed by atoms with van der Waals surface area (Å²) in [5.74, 6) is 6.85. The SMILES string of the molecule is O=C(CC1CCCC1)c1csc(C#Cc2ccccc2)n1. The van der Waals surface area contributed by atoms with Crippen molar-refractivity contribution in [2.24, 2.45) is 5.92 Å². The van der Waals surface area contributed by atoms with Gasteiger partial charge in [-0.1, -0.05) is 49.8 Å². The standard InChI is InChI=1S/C18H17NOS/c20-17(12-15-8-4-5-9-15)16-13-21-18(19-16)11-10-14-6-2-1-3-7-14/h1-3,6-7,13,15H,4-5,8-9,12H2. The molecule has 0 spiro atoms. The van der Waals surface area contributed by atoms with E-state index in [4.69, 9.17) is 0 Å². The van der Waals surface area contributed by atoms with Crippen molar-refractivity contribution < 1.29 is 4.79 Å². The van der Waals surface area contributed by atoms with Crippen molar-refractivity contribution in [2.75, 3.05) is 0 Å². The van der Waals surface area contributed by atoms with Crippen LogP contribution in [-0.4, -0.2) is 10.8 Å². The zero-order chi connectivity index (χ0) is 14.5. The van der Waals surface area contributed by atoms with Crippen molar-refractivity contribution in [2.45, 2.75) is 32.1 Å². The highest BCUT2D eigenvalue weighted by Gasteiger charge is 2.20. The molecule has 3 rings (SSSR count). The van der Waals surface area contributed by atoms with Crippen molar-refractivity contribution in [3.05, 3.63) is 52.0 Å². The van der Waals surface area contributed by atoms with E-state index in [2.05, 4.69) is 16.8 Å². The van der Waals surface area contributed by atoms with Crippen LogP contribution in [0.3, 0.4) is 0 Å². The van der Waals surface area contributed by atoms with E-state index in [-0.39, 0.29) is 5.78 Å².